The molecule has 0 radical (unpaired) electrons. The molecule has 0 unspecified atom stereocenters. The number of ether oxygens (including phenoxy) is 1. The molecule has 0 aliphatic rings. The Morgan fingerprint density at radius 3 is 2.32 bits per heavy atom. The quantitative estimate of drug-likeness (QED) is 0.587. The molecule has 3 rings (SSSR count). The van der Waals surface area contributed by atoms with Crippen LogP contribution < -0.4 is 9.64 Å². The summed E-state index contributed by atoms with van der Waals surface area (Å²) in [7, 11) is 5.62. The van der Waals surface area contributed by atoms with Gasteiger partial charge in [-0.25, -0.2) is 4.98 Å². The van der Waals surface area contributed by atoms with Gasteiger partial charge in [-0.15, -0.1) is 12.4 Å². The van der Waals surface area contributed by atoms with Crippen LogP contribution >= 0.6 is 23.7 Å². The van der Waals surface area contributed by atoms with E-state index in [2.05, 4.69) is 30.9 Å². The first-order chi connectivity index (χ1) is 12.9. The van der Waals surface area contributed by atoms with E-state index in [4.69, 9.17) is 9.72 Å². The number of methoxy groups -OCH3 is 1. The van der Waals surface area contributed by atoms with E-state index in [0.717, 1.165) is 27.6 Å². The van der Waals surface area contributed by atoms with Crippen LogP contribution in [0.1, 0.15) is 21.5 Å². The minimum Gasteiger partial charge on any atom is -0.497 e. The second-order valence-corrected chi connectivity index (χ2v) is 7.90. The molecule has 1 amide bonds. The zero-order valence-electron chi connectivity index (χ0n) is 16.9. The summed E-state index contributed by atoms with van der Waals surface area (Å²) < 4.78 is 6.30. The molecule has 0 aliphatic carbocycles. The molecule has 0 aliphatic heterocycles. The first-order valence-electron chi connectivity index (χ1n) is 8.87. The van der Waals surface area contributed by atoms with Crippen molar-refractivity contribution in [3.8, 4) is 5.75 Å². The van der Waals surface area contributed by atoms with Crippen molar-refractivity contribution in [3.63, 3.8) is 0 Å². The number of fused-ring (bicyclic) bond motifs is 1. The third-order valence-electron chi connectivity index (χ3n) is 4.58. The molecule has 0 spiro atoms. The van der Waals surface area contributed by atoms with Gasteiger partial charge in [0.1, 0.15) is 5.75 Å². The summed E-state index contributed by atoms with van der Waals surface area (Å²) in [6.07, 6.45) is 0. The van der Waals surface area contributed by atoms with Crippen molar-refractivity contribution in [1.82, 2.24) is 9.88 Å². The molecule has 0 bridgehead atoms. The predicted molar refractivity (Wildman–Crippen MR) is 120 cm³/mol. The minimum absolute atomic E-state index is 0. The number of likely N-dealkylation sites (N-methyl/N-ethyl adjacent to an activating group) is 1. The minimum atomic E-state index is -0.0491. The molecule has 1 aromatic heterocycles. The second-order valence-electron chi connectivity index (χ2n) is 6.89. The molecular formula is C21H26ClN3O2S. The molecule has 3 aromatic rings. The molecule has 0 saturated carbocycles. The number of thiazole rings is 1. The number of aromatic nitrogens is 1. The summed E-state index contributed by atoms with van der Waals surface area (Å²) in [4.78, 5) is 21.8. The number of halogens is 1. The molecule has 5 nitrogen and oxygen atoms in total. The van der Waals surface area contributed by atoms with Crippen LogP contribution in [0.25, 0.3) is 10.2 Å². The zero-order chi connectivity index (χ0) is 19.6. The number of carbonyl (C=O) groups excluding carboxylic acids is 1. The molecule has 28 heavy (non-hydrogen) atoms. The van der Waals surface area contributed by atoms with Gasteiger partial charge in [0.25, 0.3) is 5.91 Å². The average Bonchev–Trinajstić information content (AvgIpc) is 3.04. The predicted octanol–water partition coefficient (Wildman–Crippen LogP) is 4.55. The van der Waals surface area contributed by atoms with Crippen LogP contribution in [0, 0.1) is 13.8 Å². The summed E-state index contributed by atoms with van der Waals surface area (Å²) in [5.41, 5.74) is 4.01. The van der Waals surface area contributed by atoms with Crippen LogP contribution in [0.2, 0.25) is 0 Å². The number of amides is 1. The lowest BCUT2D eigenvalue weighted by Gasteiger charge is -2.22. The lowest BCUT2D eigenvalue weighted by atomic mass is 10.1. The highest BCUT2D eigenvalue weighted by atomic mass is 35.5. The molecule has 2 aromatic carbocycles. The normalized spacial score (nSPS) is 10.8. The number of hydrogen-bond donors (Lipinski definition) is 0. The largest absolute Gasteiger partial charge is 0.497 e. The summed E-state index contributed by atoms with van der Waals surface area (Å²) in [6, 6.07) is 11.4. The molecule has 0 atom stereocenters. The number of hydrogen-bond acceptors (Lipinski definition) is 5. The Balaban J connectivity index is 0.00000280. The maximum absolute atomic E-state index is 13.2. The topological polar surface area (TPSA) is 45.7 Å². The van der Waals surface area contributed by atoms with Gasteiger partial charge in [0, 0.05) is 18.7 Å². The van der Waals surface area contributed by atoms with Gasteiger partial charge in [0.2, 0.25) is 0 Å². The van der Waals surface area contributed by atoms with Crippen LogP contribution in [0.5, 0.6) is 5.75 Å². The first kappa shape index (κ1) is 22.1. The third-order valence-corrected chi connectivity index (χ3v) is 5.62. The number of carbonyl (C=O) groups is 1. The lowest BCUT2D eigenvalue weighted by Crippen LogP contribution is -2.36. The number of benzene rings is 2. The summed E-state index contributed by atoms with van der Waals surface area (Å²) in [5, 5.41) is 0.734. The fourth-order valence-corrected chi connectivity index (χ4v) is 3.83. The Morgan fingerprint density at radius 2 is 1.71 bits per heavy atom. The number of rotatable bonds is 6. The van der Waals surface area contributed by atoms with Gasteiger partial charge in [-0.1, -0.05) is 11.3 Å². The fraction of sp³-hybridized carbons (Fsp3) is 0.333. The third kappa shape index (κ3) is 4.82. The van der Waals surface area contributed by atoms with Gasteiger partial charge in [-0.3, -0.25) is 9.69 Å². The summed E-state index contributed by atoms with van der Waals surface area (Å²) in [6.45, 7) is 5.52. The maximum atomic E-state index is 13.2. The highest BCUT2D eigenvalue weighted by Crippen LogP contribution is 2.31. The van der Waals surface area contributed by atoms with Crippen molar-refractivity contribution in [2.75, 3.05) is 39.2 Å². The average molecular weight is 420 g/mol. The van der Waals surface area contributed by atoms with E-state index < -0.39 is 0 Å². The lowest BCUT2D eigenvalue weighted by molar-refractivity contribution is 0.0985. The van der Waals surface area contributed by atoms with Crippen molar-refractivity contribution < 1.29 is 9.53 Å². The van der Waals surface area contributed by atoms with Gasteiger partial charge < -0.3 is 9.64 Å². The summed E-state index contributed by atoms with van der Waals surface area (Å²) in [5.74, 6) is 0.685. The number of anilines is 1. The Hall–Kier alpha value is -2.15. The van der Waals surface area contributed by atoms with Crippen LogP contribution in [0.4, 0.5) is 5.13 Å². The molecule has 0 N–H and O–H groups in total. The van der Waals surface area contributed by atoms with E-state index in [1.807, 2.05) is 26.2 Å². The van der Waals surface area contributed by atoms with E-state index in [1.165, 1.54) is 11.1 Å². The van der Waals surface area contributed by atoms with E-state index in [1.54, 1.807) is 35.5 Å². The second kappa shape index (κ2) is 9.37. The van der Waals surface area contributed by atoms with Crippen molar-refractivity contribution in [2.45, 2.75) is 13.8 Å². The Labute approximate surface area is 176 Å². The van der Waals surface area contributed by atoms with Crippen LogP contribution in [0.3, 0.4) is 0 Å². The van der Waals surface area contributed by atoms with Gasteiger partial charge in [0.05, 0.1) is 17.3 Å². The van der Waals surface area contributed by atoms with E-state index in [0.29, 0.717) is 12.1 Å². The van der Waals surface area contributed by atoms with Crippen LogP contribution in [-0.4, -0.2) is 50.1 Å². The van der Waals surface area contributed by atoms with Gasteiger partial charge in [-0.05, 0) is 75.5 Å². The Morgan fingerprint density at radius 1 is 1.07 bits per heavy atom. The van der Waals surface area contributed by atoms with Crippen molar-refractivity contribution in [2.24, 2.45) is 0 Å². The van der Waals surface area contributed by atoms with Gasteiger partial charge in [0.15, 0.2) is 5.13 Å². The molecule has 0 saturated heterocycles. The van der Waals surface area contributed by atoms with Crippen molar-refractivity contribution in [3.05, 3.63) is 53.1 Å². The summed E-state index contributed by atoms with van der Waals surface area (Å²) >= 11 is 1.56. The molecule has 150 valence electrons. The van der Waals surface area contributed by atoms with Gasteiger partial charge >= 0.3 is 0 Å². The molecule has 0 fully saturated rings. The smallest absolute Gasteiger partial charge is 0.260 e. The highest BCUT2D eigenvalue weighted by molar-refractivity contribution is 7.22. The highest BCUT2D eigenvalue weighted by Gasteiger charge is 2.21. The number of nitrogens with zero attached hydrogens (tertiary/aromatic N) is 3. The molecule has 7 heteroatoms. The molecular weight excluding hydrogens is 394 g/mol. The Bertz CT molecular complexity index is 915. The number of aryl methyl sites for hydroxylation is 2. The standard InChI is InChI=1S/C21H25N3O2S.ClH/c1-14-12-18-19(13-15(14)2)27-21(22-18)24(11-10-23(3)4)20(25)16-6-8-17(26-5)9-7-16;/h6-9,12-13H,10-11H2,1-5H3;1H. The van der Waals surface area contributed by atoms with E-state index >= 15 is 0 Å². The maximum Gasteiger partial charge on any atom is 0.260 e. The fourth-order valence-electron chi connectivity index (χ4n) is 2.76. The SMILES string of the molecule is COc1ccc(C(=O)N(CCN(C)C)c2nc3cc(C)c(C)cc3s2)cc1.Cl. The van der Waals surface area contributed by atoms with E-state index in [-0.39, 0.29) is 18.3 Å². The first-order valence-corrected chi connectivity index (χ1v) is 9.69. The van der Waals surface area contributed by atoms with Crippen molar-refractivity contribution in [1.29, 1.82) is 0 Å². The van der Waals surface area contributed by atoms with Crippen LogP contribution in [-0.2, 0) is 0 Å². The monoisotopic (exact) mass is 419 g/mol. The van der Waals surface area contributed by atoms with Gasteiger partial charge in [-0.2, -0.15) is 0 Å². The van der Waals surface area contributed by atoms with Crippen molar-refractivity contribution >= 4 is 45.0 Å². The van der Waals surface area contributed by atoms with E-state index in [9.17, 15) is 4.79 Å². The van der Waals surface area contributed by atoms with Crippen LogP contribution in [0.15, 0.2) is 36.4 Å². The zero-order valence-corrected chi connectivity index (χ0v) is 18.5. The Kier molecular flexibility index (Phi) is 7.41. The molecule has 1 heterocycles.